The summed E-state index contributed by atoms with van der Waals surface area (Å²) in [5.41, 5.74) is 1.72. The van der Waals surface area contributed by atoms with Gasteiger partial charge in [-0.1, -0.05) is 0 Å². The van der Waals surface area contributed by atoms with Crippen molar-refractivity contribution in [1.82, 2.24) is 20.0 Å². The van der Waals surface area contributed by atoms with Gasteiger partial charge in [0.05, 0.1) is 19.4 Å². The number of rotatable bonds is 2. The zero-order valence-corrected chi connectivity index (χ0v) is 10.4. The first kappa shape index (κ1) is 10.7. The lowest BCUT2D eigenvalue weighted by molar-refractivity contribution is 0.122. The number of thiazole rings is 1. The minimum atomic E-state index is 0.778. The van der Waals surface area contributed by atoms with Crippen LogP contribution < -0.4 is 4.90 Å². The maximum Gasteiger partial charge on any atom is 0.186 e. The van der Waals surface area contributed by atoms with E-state index in [1.165, 1.54) is 0 Å². The average molecular weight is 251 g/mol. The smallest absolute Gasteiger partial charge is 0.186 e. The molecule has 0 bridgehead atoms. The summed E-state index contributed by atoms with van der Waals surface area (Å²) in [5.74, 6) is 0. The van der Waals surface area contributed by atoms with Crippen LogP contribution in [-0.2, 0) is 11.8 Å². The van der Waals surface area contributed by atoms with Crippen LogP contribution in [-0.4, -0.2) is 46.3 Å². The molecule has 90 valence electrons. The lowest BCUT2D eigenvalue weighted by Gasteiger charge is -2.25. The van der Waals surface area contributed by atoms with Gasteiger partial charge in [0.2, 0.25) is 0 Å². The van der Waals surface area contributed by atoms with Crippen molar-refractivity contribution in [1.29, 1.82) is 0 Å². The Morgan fingerprint density at radius 2 is 2.12 bits per heavy atom. The third kappa shape index (κ3) is 2.16. The Bertz CT molecular complexity index is 502. The molecule has 0 radical (unpaired) electrons. The van der Waals surface area contributed by atoms with Gasteiger partial charge in [-0.25, -0.2) is 4.98 Å². The minimum Gasteiger partial charge on any atom is -0.378 e. The van der Waals surface area contributed by atoms with Crippen molar-refractivity contribution in [3.63, 3.8) is 0 Å². The Kier molecular flexibility index (Phi) is 2.77. The highest BCUT2D eigenvalue weighted by molar-refractivity contribution is 7.14. The molecule has 3 heterocycles. The first-order valence-corrected chi connectivity index (χ1v) is 6.36. The SMILES string of the molecule is Cn1ncc(-c2csc(N3CCOCC3)n2)n1. The van der Waals surface area contributed by atoms with Crippen molar-refractivity contribution in [3.8, 4) is 11.4 Å². The van der Waals surface area contributed by atoms with Crippen molar-refractivity contribution in [2.24, 2.45) is 7.05 Å². The summed E-state index contributed by atoms with van der Waals surface area (Å²) in [6.07, 6.45) is 1.73. The third-order valence-corrected chi connectivity index (χ3v) is 3.54. The molecular weight excluding hydrogens is 238 g/mol. The minimum absolute atomic E-state index is 0.778. The maximum absolute atomic E-state index is 5.33. The zero-order valence-electron chi connectivity index (χ0n) is 9.54. The van der Waals surface area contributed by atoms with Crippen LogP contribution in [0.1, 0.15) is 0 Å². The van der Waals surface area contributed by atoms with E-state index in [1.807, 2.05) is 5.38 Å². The summed E-state index contributed by atoms with van der Waals surface area (Å²) in [6, 6.07) is 0. The molecule has 2 aromatic rings. The van der Waals surface area contributed by atoms with Crippen molar-refractivity contribution >= 4 is 16.5 Å². The van der Waals surface area contributed by atoms with Crippen LogP contribution in [0.2, 0.25) is 0 Å². The van der Waals surface area contributed by atoms with Crippen LogP contribution in [0.4, 0.5) is 5.13 Å². The van der Waals surface area contributed by atoms with E-state index in [-0.39, 0.29) is 0 Å². The topological polar surface area (TPSA) is 56.1 Å². The number of hydrogen-bond donors (Lipinski definition) is 0. The quantitative estimate of drug-likeness (QED) is 0.789. The van der Waals surface area contributed by atoms with Crippen LogP contribution in [0.15, 0.2) is 11.6 Å². The van der Waals surface area contributed by atoms with Gasteiger partial charge in [0.15, 0.2) is 5.13 Å². The Morgan fingerprint density at radius 1 is 1.29 bits per heavy atom. The molecule has 0 N–H and O–H groups in total. The van der Waals surface area contributed by atoms with Crippen molar-refractivity contribution < 1.29 is 4.74 Å². The molecule has 2 aromatic heterocycles. The second kappa shape index (κ2) is 4.42. The number of aryl methyl sites for hydroxylation is 1. The molecule has 0 atom stereocenters. The predicted octanol–water partition coefficient (Wildman–Crippen LogP) is 0.775. The monoisotopic (exact) mass is 251 g/mol. The normalized spacial score (nSPS) is 16.4. The molecule has 1 saturated heterocycles. The summed E-state index contributed by atoms with van der Waals surface area (Å²) in [7, 11) is 1.80. The van der Waals surface area contributed by atoms with E-state index >= 15 is 0 Å². The van der Waals surface area contributed by atoms with Crippen LogP contribution in [0, 0.1) is 0 Å². The largest absolute Gasteiger partial charge is 0.378 e. The molecule has 6 nitrogen and oxygen atoms in total. The van der Waals surface area contributed by atoms with Gasteiger partial charge < -0.3 is 9.64 Å². The summed E-state index contributed by atoms with van der Waals surface area (Å²) in [6.45, 7) is 3.38. The Balaban J connectivity index is 1.82. The molecule has 0 unspecified atom stereocenters. The molecular formula is C10H13N5OS. The van der Waals surface area contributed by atoms with Crippen LogP contribution in [0.3, 0.4) is 0 Å². The summed E-state index contributed by atoms with van der Waals surface area (Å²) in [5, 5.41) is 11.4. The standard InChI is InChI=1S/C10H13N5OS/c1-14-11-6-8(13-14)9-7-17-10(12-9)15-2-4-16-5-3-15/h6-7H,2-5H2,1H3. The van der Waals surface area contributed by atoms with Gasteiger partial charge in [0.1, 0.15) is 11.4 Å². The molecule has 1 fully saturated rings. The number of nitrogens with zero attached hydrogens (tertiary/aromatic N) is 5. The van der Waals surface area contributed by atoms with Crippen LogP contribution in [0.25, 0.3) is 11.4 Å². The first-order chi connectivity index (χ1) is 8.33. The van der Waals surface area contributed by atoms with Crippen molar-refractivity contribution in [2.75, 3.05) is 31.2 Å². The molecule has 0 amide bonds. The van der Waals surface area contributed by atoms with Gasteiger partial charge in [0.25, 0.3) is 0 Å². The van der Waals surface area contributed by atoms with E-state index in [9.17, 15) is 0 Å². The van der Waals surface area contributed by atoms with E-state index < -0.39 is 0 Å². The first-order valence-electron chi connectivity index (χ1n) is 5.48. The fourth-order valence-electron chi connectivity index (χ4n) is 1.74. The number of hydrogen-bond acceptors (Lipinski definition) is 6. The van der Waals surface area contributed by atoms with E-state index in [2.05, 4.69) is 20.1 Å². The molecule has 3 rings (SSSR count). The Labute approximate surface area is 103 Å². The van der Waals surface area contributed by atoms with Crippen molar-refractivity contribution in [2.45, 2.75) is 0 Å². The number of aromatic nitrogens is 4. The van der Waals surface area contributed by atoms with E-state index in [1.54, 1.807) is 29.4 Å². The third-order valence-electron chi connectivity index (χ3n) is 2.64. The highest BCUT2D eigenvalue weighted by Gasteiger charge is 2.15. The lowest BCUT2D eigenvalue weighted by atomic mass is 10.4. The fourth-order valence-corrected chi connectivity index (χ4v) is 2.62. The molecule has 0 spiro atoms. The van der Waals surface area contributed by atoms with Gasteiger partial charge in [-0.2, -0.15) is 15.0 Å². The fraction of sp³-hybridized carbons (Fsp3) is 0.500. The van der Waals surface area contributed by atoms with E-state index in [4.69, 9.17) is 4.74 Å². The zero-order chi connectivity index (χ0) is 11.7. The highest BCUT2D eigenvalue weighted by Crippen LogP contribution is 2.26. The molecule has 1 aliphatic rings. The molecule has 7 heteroatoms. The van der Waals surface area contributed by atoms with Crippen LogP contribution in [0.5, 0.6) is 0 Å². The van der Waals surface area contributed by atoms with Gasteiger partial charge in [-0.05, 0) is 0 Å². The van der Waals surface area contributed by atoms with E-state index in [0.717, 1.165) is 42.8 Å². The van der Waals surface area contributed by atoms with Gasteiger partial charge in [-0.3, -0.25) is 0 Å². The second-order valence-electron chi connectivity index (χ2n) is 3.83. The lowest BCUT2D eigenvalue weighted by Crippen LogP contribution is -2.36. The maximum atomic E-state index is 5.33. The van der Waals surface area contributed by atoms with Gasteiger partial charge >= 0.3 is 0 Å². The highest BCUT2D eigenvalue weighted by atomic mass is 32.1. The van der Waals surface area contributed by atoms with Gasteiger partial charge in [-0.15, -0.1) is 11.3 Å². The molecule has 17 heavy (non-hydrogen) atoms. The van der Waals surface area contributed by atoms with E-state index in [0.29, 0.717) is 0 Å². The number of morpholine rings is 1. The molecule has 0 aliphatic carbocycles. The number of ether oxygens (including phenoxy) is 1. The van der Waals surface area contributed by atoms with Gasteiger partial charge in [0, 0.05) is 25.5 Å². The Hall–Kier alpha value is -1.47. The summed E-state index contributed by atoms with van der Waals surface area (Å²) in [4.78, 5) is 8.38. The molecule has 0 saturated carbocycles. The average Bonchev–Trinajstić information content (AvgIpc) is 2.98. The second-order valence-corrected chi connectivity index (χ2v) is 4.67. The summed E-state index contributed by atoms with van der Waals surface area (Å²) >= 11 is 1.64. The molecule has 1 aliphatic heterocycles. The predicted molar refractivity (Wildman–Crippen MR) is 65.1 cm³/mol. The number of anilines is 1. The summed E-state index contributed by atoms with van der Waals surface area (Å²) < 4.78 is 5.33. The van der Waals surface area contributed by atoms with Crippen molar-refractivity contribution in [3.05, 3.63) is 11.6 Å². The van der Waals surface area contributed by atoms with Crippen LogP contribution >= 0.6 is 11.3 Å². The molecule has 0 aromatic carbocycles. The Morgan fingerprint density at radius 3 is 2.82 bits per heavy atom.